The number of ether oxygens (including phenoxy) is 2. The molecular weight excluding hydrogens is 318 g/mol. The SMILES string of the molecule is COc1cccc(CCC(=O)NCC2CCS(=O)(=O)C2)c1OC. The maximum atomic E-state index is 12.0. The molecule has 1 atom stereocenters. The zero-order valence-corrected chi connectivity index (χ0v) is 14.3. The van der Waals surface area contributed by atoms with Crippen molar-refractivity contribution in [3.05, 3.63) is 23.8 Å². The van der Waals surface area contributed by atoms with Crippen molar-refractivity contribution in [3.8, 4) is 11.5 Å². The third-order valence-electron chi connectivity index (χ3n) is 4.02. The molecule has 128 valence electrons. The number of methoxy groups -OCH3 is 2. The van der Waals surface area contributed by atoms with E-state index in [-0.39, 0.29) is 23.3 Å². The largest absolute Gasteiger partial charge is 0.493 e. The highest BCUT2D eigenvalue weighted by Gasteiger charge is 2.27. The van der Waals surface area contributed by atoms with Crippen LogP contribution in [0.1, 0.15) is 18.4 Å². The summed E-state index contributed by atoms with van der Waals surface area (Å²) in [6.45, 7) is 0.424. The van der Waals surface area contributed by atoms with Gasteiger partial charge in [0.15, 0.2) is 21.3 Å². The van der Waals surface area contributed by atoms with Crippen LogP contribution in [0.3, 0.4) is 0 Å². The molecule has 0 saturated carbocycles. The fraction of sp³-hybridized carbons (Fsp3) is 0.562. The van der Waals surface area contributed by atoms with Gasteiger partial charge >= 0.3 is 0 Å². The van der Waals surface area contributed by atoms with Crippen molar-refractivity contribution in [3.63, 3.8) is 0 Å². The fourth-order valence-corrected chi connectivity index (χ4v) is 4.64. The zero-order valence-electron chi connectivity index (χ0n) is 13.5. The molecule has 1 amide bonds. The highest BCUT2D eigenvalue weighted by Crippen LogP contribution is 2.31. The van der Waals surface area contributed by atoms with E-state index in [2.05, 4.69) is 5.32 Å². The summed E-state index contributed by atoms with van der Waals surface area (Å²) in [5, 5.41) is 2.82. The second kappa shape index (κ2) is 7.68. The summed E-state index contributed by atoms with van der Waals surface area (Å²) < 4.78 is 33.4. The number of carbonyl (C=O) groups is 1. The third-order valence-corrected chi connectivity index (χ3v) is 5.86. The van der Waals surface area contributed by atoms with Crippen LogP contribution in [0.2, 0.25) is 0 Å². The lowest BCUT2D eigenvalue weighted by Gasteiger charge is -2.13. The fourth-order valence-electron chi connectivity index (χ4n) is 2.78. The van der Waals surface area contributed by atoms with Gasteiger partial charge in [0.05, 0.1) is 25.7 Å². The average Bonchev–Trinajstić information content (AvgIpc) is 2.89. The van der Waals surface area contributed by atoms with E-state index in [4.69, 9.17) is 9.47 Å². The van der Waals surface area contributed by atoms with E-state index >= 15 is 0 Å². The number of para-hydroxylation sites is 1. The minimum absolute atomic E-state index is 0.0373. The predicted octanol–water partition coefficient (Wildman–Crippen LogP) is 1.19. The molecule has 23 heavy (non-hydrogen) atoms. The molecule has 7 heteroatoms. The number of nitrogens with one attached hydrogen (secondary N) is 1. The lowest BCUT2D eigenvalue weighted by atomic mass is 10.1. The van der Waals surface area contributed by atoms with Crippen molar-refractivity contribution in [2.24, 2.45) is 5.92 Å². The van der Waals surface area contributed by atoms with Crippen molar-refractivity contribution in [2.45, 2.75) is 19.3 Å². The van der Waals surface area contributed by atoms with Crippen LogP contribution >= 0.6 is 0 Å². The van der Waals surface area contributed by atoms with E-state index in [0.717, 1.165) is 5.56 Å². The molecule has 1 fully saturated rings. The monoisotopic (exact) mass is 341 g/mol. The van der Waals surface area contributed by atoms with Gasteiger partial charge in [-0.3, -0.25) is 4.79 Å². The summed E-state index contributed by atoms with van der Waals surface area (Å²) in [6.07, 6.45) is 1.49. The molecule has 0 aliphatic carbocycles. The molecule has 0 aromatic heterocycles. The van der Waals surface area contributed by atoms with E-state index in [9.17, 15) is 13.2 Å². The molecule has 1 heterocycles. The second-order valence-electron chi connectivity index (χ2n) is 5.73. The second-order valence-corrected chi connectivity index (χ2v) is 7.95. The Bertz CT molecular complexity index is 656. The topological polar surface area (TPSA) is 81.7 Å². The van der Waals surface area contributed by atoms with Gasteiger partial charge in [0, 0.05) is 13.0 Å². The first-order valence-corrected chi connectivity index (χ1v) is 9.44. The minimum atomic E-state index is -2.90. The van der Waals surface area contributed by atoms with Gasteiger partial charge in [-0.2, -0.15) is 0 Å². The molecule has 2 rings (SSSR count). The Kier molecular flexibility index (Phi) is 5.87. The molecule has 1 aromatic carbocycles. The molecule has 1 aliphatic heterocycles. The van der Waals surface area contributed by atoms with Crippen molar-refractivity contribution in [1.82, 2.24) is 5.32 Å². The predicted molar refractivity (Wildman–Crippen MR) is 87.6 cm³/mol. The number of amides is 1. The lowest BCUT2D eigenvalue weighted by Crippen LogP contribution is -2.30. The van der Waals surface area contributed by atoms with Crippen molar-refractivity contribution >= 4 is 15.7 Å². The van der Waals surface area contributed by atoms with Gasteiger partial charge in [0.1, 0.15) is 0 Å². The van der Waals surface area contributed by atoms with Crippen LogP contribution < -0.4 is 14.8 Å². The van der Waals surface area contributed by atoms with E-state index in [1.807, 2.05) is 18.2 Å². The molecule has 1 aromatic rings. The third kappa shape index (κ3) is 4.86. The van der Waals surface area contributed by atoms with Crippen LogP contribution in [0, 0.1) is 5.92 Å². The Morgan fingerprint density at radius 1 is 1.30 bits per heavy atom. The maximum absolute atomic E-state index is 12.0. The van der Waals surface area contributed by atoms with E-state index in [1.165, 1.54) is 0 Å². The van der Waals surface area contributed by atoms with E-state index in [1.54, 1.807) is 14.2 Å². The van der Waals surface area contributed by atoms with Crippen molar-refractivity contribution in [1.29, 1.82) is 0 Å². The summed E-state index contributed by atoms with van der Waals surface area (Å²) in [6, 6.07) is 5.57. The van der Waals surface area contributed by atoms with Gasteiger partial charge in [-0.25, -0.2) is 8.42 Å². The smallest absolute Gasteiger partial charge is 0.220 e. The van der Waals surface area contributed by atoms with Gasteiger partial charge in [0.2, 0.25) is 5.91 Å². The first kappa shape index (κ1) is 17.6. The highest BCUT2D eigenvalue weighted by molar-refractivity contribution is 7.91. The van der Waals surface area contributed by atoms with Crippen molar-refractivity contribution < 1.29 is 22.7 Å². The Morgan fingerprint density at radius 2 is 2.09 bits per heavy atom. The normalized spacial score (nSPS) is 19.3. The Labute approximate surface area is 137 Å². The summed E-state index contributed by atoms with van der Waals surface area (Å²) in [7, 11) is 0.248. The highest BCUT2D eigenvalue weighted by atomic mass is 32.2. The van der Waals surface area contributed by atoms with Gasteiger partial charge in [-0.1, -0.05) is 12.1 Å². The first-order valence-electron chi connectivity index (χ1n) is 7.62. The minimum Gasteiger partial charge on any atom is -0.493 e. The average molecular weight is 341 g/mol. The molecule has 1 aliphatic rings. The van der Waals surface area contributed by atoms with Gasteiger partial charge in [-0.15, -0.1) is 0 Å². The van der Waals surface area contributed by atoms with E-state index < -0.39 is 9.84 Å². The lowest BCUT2D eigenvalue weighted by molar-refractivity contribution is -0.121. The standard InChI is InChI=1S/C16H23NO5S/c1-21-14-5-3-4-13(16(14)22-2)6-7-15(18)17-10-12-8-9-23(19,20)11-12/h3-5,12H,6-11H2,1-2H3,(H,17,18). The van der Waals surface area contributed by atoms with Gasteiger partial charge in [-0.05, 0) is 30.4 Å². The zero-order chi connectivity index (χ0) is 16.9. The molecule has 0 bridgehead atoms. The summed E-state index contributed by atoms with van der Waals surface area (Å²) in [4.78, 5) is 12.0. The van der Waals surface area contributed by atoms with Gasteiger partial charge in [0.25, 0.3) is 0 Å². The van der Waals surface area contributed by atoms with Crippen LogP contribution in [-0.4, -0.2) is 46.6 Å². The quantitative estimate of drug-likeness (QED) is 0.805. The Hall–Kier alpha value is -1.76. The number of benzene rings is 1. The molecule has 0 radical (unpaired) electrons. The summed E-state index contributed by atoms with van der Waals surface area (Å²) >= 11 is 0. The molecule has 1 N–H and O–H groups in total. The van der Waals surface area contributed by atoms with Crippen LogP contribution in [-0.2, 0) is 21.1 Å². The Morgan fingerprint density at radius 3 is 2.70 bits per heavy atom. The van der Waals surface area contributed by atoms with Crippen LogP contribution in [0.25, 0.3) is 0 Å². The van der Waals surface area contributed by atoms with Crippen LogP contribution in [0.4, 0.5) is 0 Å². The number of hydrogen-bond acceptors (Lipinski definition) is 5. The number of aryl methyl sites for hydroxylation is 1. The van der Waals surface area contributed by atoms with Crippen LogP contribution in [0.15, 0.2) is 18.2 Å². The summed E-state index contributed by atoms with van der Waals surface area (Å²) in [5.41, 5.74) is 0.908. The molecule has 6 nitrogen and oxygen atoms in total. The molecule has 0 spiro atoms. The first-order chi connectivity index (χ1) is 10.9. The Balaban J connectivity index is 1.83. The number of hydrogen-bond donors (Lipinski definition) is 1. The number of sulfone groups is 1. The van der Waals surface area contributed by atoms with Crippen molar-refractivity contribution in [2.75, 3.05) is 32.3 Å². The maximum Gasteiger partial charge on any atom is 0.220 e. The summed E-state index contributed by atoms with van der Waals surface area (Å²) in [5.74, 6) is 1.65. The van der Waals surface area contributed by atoms with Gasteiger partial charge < -0.3 is 14.8 Å². The van der Waals surface area contributed by atoms with E-state index in [0.29, 0.717) is 37.3 Å². The number of carbonyl (C=O) groups excluding carboxylic acids is 1. The molecule has 1 unspecified atom stereocenters. The number of rotatable bonds is 7. The molecular formula is C16H23NO5S. The molecule has 1 saturated heterocycles. The van der Waals surface area contributed by atoms with Crippen LogP contribution in [0.5, 0.6) is 11.5 Å².